The number of ether oxygens (including phenoxy) is 1. The molecule has 2 aromatic rings. The van der Waals surface area contributed by atoms with Crippen molar-refractivity contribution in [3.63, 3.8) is 0 Å². The number of carbonyl (C=O) groups excluding carboxylic acids is 2. The summed E-state index contributed by atoms with van der Waals surface area (Å²) in [5.74, 6) is -1.11. The van der Waals surface area contributed by atoms with E-state index in [1.807, 2.05) is 13.8 Å². The van der Waals surface area contributed by atoms with Gasteiger partial charge in [-0.2, -0.15) is 13.2 Å². The maximum atomic E-state index is 15.0. The molecule has 41 heavy (non-hydrogen) atoms. The van der Waals surface area contributed by atoms with E-state index in [1.54, 1.807) is 20.8 Å². The number of rotatable bonds is 5. The van der Waals surface area contributed by atoms with E-state index in [0.29, 0.717) is 6.42 Å². The van der Waals surface area contributed by atoms with Gasteiger partial charge in [0.25, 0.3) is 5.91 Å². The smallest absolute Gasteiger partial charge is 0.401 e. The largest absolute Gasteiger partial charge is 0.489 e. The molecule has 220 valence electrons. The topological polar surface area (TPSA) is 78.0 Å². The summed E-state index contributed by atoms with van der Waals surface area (Å²) in [5, 5.41) is 2.51. The van der Waals surface area contributed by atoms with Gasteiger partial charge in [-0.15, -0.1) is 0 Å². The summed E-state index contributed by atoms with van der Waals surface area (Å²) in [6.45, 7) is 6.90. The number of fused-ring (bicyclic) bond motifs is 2. The Morgan fingerprint density at radius 2 is 2.00 bits per heavy atom. The molecule has 5 rings (SSSR count). The standard InChI is InChI=1S/C28H30ClF4N5O3/c1-4-20(39)36-9-10-37-17(13-36)14-41-24-21(26(37)40)25(35-23(22(24)29)18-7-5-6-8-19(18)30)38-12-16(11-27(38,2)3)34-15-28(31,32)33/h4-8,16-17,34H,1,9-15H2,2-3H3/t16-,17-/m1/s1. The molecule has 0 unspecified atom stereocenters. The number of carbonyl (C=O) groups is 2. The molecular formula is C28H30ClF4N5O3. The number of amides is 2. The highest BCUT2D eigenvalue weighted by atomic mass is 35.5. The molecule has 3 aliphatic rings. The molecule has 2 amide bonds. The molecule has 8 nitrogen and oxygen atoms in total. The zero-order chi connectivity index (χ0) is 29.7. The summed E-state index contributed by atoms with van der Waals surface area (Å²) in [7, 11) is 0. The number of anilines is 1. The van der Waals surface area contributed by atoms with Crippen LogP contribution < -0.4 is 15.0 Å². The van der Waals surface area contributed by atoms with Crippen LogP contribution in [0, 0.1) is 5.82 Å². The molecule has 2 atom stereocenters. The Labute approximate surface area is 239 Å². The van der Waals surface area contributed by atoms with Crippen molar-refractivity contribution in [3.8, 4) is 17.0 Å². The first kappa shape index (κ1) is 29.1. The molecule has 0 aliphatic carbocycles. The Morgan fingerprint density at radius 1 is 1.27 bits per heavy atom. The van der Waals surface area contributed by atoms with Crippen LogP contribution in [0.3, 0.4) is 0 Å². The second kappa shape index (κ2) is 10.8. The van der Waals surface area contributed by atoms with Crippen LogP contribution in [-0.4, -0.2) is 89.7 Å². The van der Waals surface area contributed by atoms with Crippen LogP contribution in [-0.2, 0) is 4.79 Å². The number of hydrogen-bond acceptors (Lipinski definition) is 6. The molecule has 13 heteroatoms. The van der Waals surface area contributed by atoms with Crippen molar-refractivity contribution in [1.29, 1.82) is 0 Å². The number of hydrogen-bond donors (Lipinski definition) is 1. The summed E-state index contributed by atoms with van der Waals surface area (Å²) in [6, 6.07) is 4.85. The lowest BCUT2D eigenvalue weighted by Crippen LogP contribution is -2.57. The van der Waals surface area contributed by atoms with Crippen molar-refractivity contribution in [3.05, 3.63) is 53.3 Å². The Kier molecular flexibility index (Phi) is 7.66. The fourth-order valence-electron chi connectivity index (χ4n) is 5.82. The molecule has 1 aromatic carbocycles. The molecule has 1 aromatic heterocycles. The molecular weight excluding hydrogens is 566 g/mol. The Balaban J connectivity index is 1.62. The summed E-state index contributed by atoms with van der Waals surface area (Å²) in [6.07, 6.45) is -2.85. The third kappa shape index (κ3) is 5.59. The molecule has 0 bridgehead atoms. The lowest BCUT2D eigenvalue weighted by molar-refractivity contribution is -0.128. The van der Waals surface area contributed by atoms with Crippen molar-refractivity contribution in [2.45, 2.75) is 44.1 Å². The van der Waals surface area contributed by atoms with E-state index in [2.05, 4.69) is 11.9 Å². The van der Waals surface area contributed by atoms with E-state index in [9.17, 15) is 27.2 Å². The third-order valence-electron chi connectivity index (χ3n) is 7.79. The zero-order valence-electron chi connectivity index (χ0n) is 22.6. The monoisotopic (exact) mass is 595 g/mol. The van der Waals surface area contributed by atoms with Crippen LogP contribution in [0.5, 0.6) is 5.75 Å². The molecule has 0 saturated carbocycles. The molecule has 0 radical (unpaired) electrons. The number of pyridine rings is 1. The highest BCUT2D eigenvalue weighted by molar-refractivity contribution is 6.35. The van der Waals surface area contributed by atoms with Crippen molar-refractivity contribution in [1.82, 2.24) is 20.1 Å². The van der Waals surface area contributed by atoms with Gasteiger partial charge in [0.2, 0.25) is 5.91 Å². The lowest BCUT2D eigenvalue weighted by atomic mass is 9.99. The maximum Gasteiger partial charge on any atom is 0.401 e. The maximum absolute atomic E-state index is 15.0. The highest BCUT2D eigenvalue weighted by Crippen LogP contribution is 2.46. The van der Waals surface area contributed by atoms with E-state index < -0.39 is 42.1 Å². The van der Waals surface area contributed by atoms with Crippen molar-refractivity contribution >= 4 is 29.2 Å². The normalized spacial score (nSPS) is 22.1. The van der Waals surface area contributed by atoms with Crippen LogP contribution in [0.15, 0.2) is 36.9 Å². The summed E-state index contributed by atoms with van der Waals surface area (Å²) >= 11 is 6.79. The molecule has 2 fully saturated rings. The lowest BCUT2D eigenvalue weighted by Gasteiger charge is -2.40. The minimum atomic E-state index is -4.39. The van der Waals surface area contributed by atoms with Crippen LogP contribution in [0.1, 0.15) is 30.6 Å². The average molecular weight is 596 g/mol. The van der Waals surface area contributed by atoms with Gasteiger partial charge in [0.1, 0.15) is 28.8 Å². The predicted octanol–water partition coefficient (Wildman–Crippen LogP) is 4.28. The average Bonchev–Trinajstić information content (AvgIpc) is 3.15. The number of benzene rings is 1. The van der Waals surface area contributed by atoms with Crippen LogP contribution >= 0.6 is 11.6 Å². The van der Waals surface area contributed by atoms with Crippen LogP contribution in [0.4, 0.5) is 23.4 Å². The molecule has 3 aliphatic heterocycles. The third-order valence-corrected chi connectivity index (χ3v) is 8.15. The Bertz CT molecular complexity index is 1390. The minimum Gasteiger partial charge on any atom is -0.489 e. The summed E-state index contributed by atoms with van der Waals surface area (Å²) in [5.41, 5.74) is -0.528. The fourth-order valence-corrected chi connectivity index (χ4v) is 6.11. The van der Waals surface area contributed by atoms with Crippen LogP contribution in [0.25, 0.3) is 11.3 Å². The van der Waals surface area contributed by atoms with Gasteiger partial charge in [0.05, 0.1) is 18.3 Å². The van der Waals surface area contributed by atoms with Crippen LogP contribution in [0.2, 0.25) is 5.02 Å². The van der Waals surface area contributed by atoms with Gasteiger partial charge in [-0.25, -0.2) is 9.37 Å². The van der Waals surface area contributed by atoms with Crippen molar-refractivity contribution in [2.24, 2.45) is 0 Å². The molecule has 4 heterocycles. The molecule has 2 saturated heterocycles. The number of halogens is 5. The van der Waals surface area contributed by atoms with E-state index >= 15 is 0 Å². The van der Waals surface area contributed by atoms with E-state index in [-0.39, 0.29) is 72.1 Å². The number of nitrogens with zero attached hydrogens (tertiary/aromatic N) is 4. The first-order chi connectivity index (χ1) is 19.3. The van der Waals surface area contributed by atoms with Gasteiger partial charge < -0.3 is 24.8 Å². The van der Waals surface area contributed by atoms with Gasteiger partial charge in [-0.05, 0) is 38.5 Å². The zero-order valence-corrected chi connectivity index (χ0v) is 23.4. The van der Waals surface area contributed by atoms with Gasteiger partial charge in [0.15, 0.2) is 5.75 Å². The number of aromatic nitrogens is 1. The van der Waals surface area contributed by atoms with Gasteiger partial charge in [-0.3, -0.25) is 9.59 Å². The SMILES string of the molecule is C=CC(=O)N1CCN2C(=O)c3c(N4C[C@H](NCC(F)(F)F)CC4(C)C)nc(-c4ccccc4F)c(Cl)c3OC[C@H]2C1. The number of alkyl halides is 3. The second-order valence-electron chi connectivity index (χ2n) is 11.1. The van der Waals surface area contributed by atoms with Crippen molar-refractivity contribution in [2.75, 3.05) is 44.2 Å². The number of piperazine rings is 1. The minimum absolute atomic E-state index is 0.0126. The van der Waals surface area contributed by atoms with E-state index in [4.69, 9.17) is 21.3 Å². The van der Waals surface area contributed by atoms with E-state index in [1.165, 1.54) is 24.3 Å². The Hall–Kier alpha value is -3.38. The summed E-state index contributed by atoms with van der Waals surface area (Å²) in [4.78, 5) is 36.1. The van der Waals surface area contributed by atoms with Crippen molar-refractivity contribution < 1.29 is 31.9 Å². The van der Waals surface area contributed by atoms with Gasteiger partial charge in [-0.1, -0.05) is 30.3 Å². The first-order valence-corrected chi connectivity index (χ1v) is 13.6. The molecule has 0 spiro atoms. The number of nitrogens with one attached hydrogen (secondary N) is 1. The fraction of sp³-hybridized carbons (Fsp3) is 0.464. The highest BCUT2D eigenvalue weighted by Gasteiger charge is 2.46. The summed E-state index contributed by atoms with van der Waals surface area (Å²) < 4.78 is 60.1. The molecule has 1 N–H and O–H groups in total. The quantitative estimate of drug-likeness (QED) is 0.411. The second-order valence-corrected chi connectivity index (χ2v) is 11.4. The first-order valence-electron chi connectivity index (χ1n) is 13.2. The van der Waals surface area contributed by atoms with E-state index in [0.717, 1.165) is 0 Å². The predicted molar refractivity (Wildman–Crippen MR) is 146 cm³/mol. The van der Waals surface area contributed by atoms with Gasteiger partial charge in [0, 0.05) is 43.3 Å². The van der Waals surface area contributed by atoms with Gasteiger partial charge >= 0.3 is 6.18 Å². The Morgan fingerprint density at radius 3 is 2.68 bits per heavy atom.